The van der Waals surface area contributed by atoms with Crippen LogP contribution in [-0.2, 0) is 0 Å². The van der Waals surface area contributed by atoms with Gasteiger partial charge in [-0.05, 0) is 94.0 Å². The summed E-state index contributed by atoms with van der Waals surface area (Å²) in [5, 5.41) is 3.82. The summed E-state index contributed by atoms with van der Waals surface area (Å²) in [6.07, 6.45) is 0. The van der Waals surface area contributed by atoms with E-state index >= 15 is 0 Å². The molecule has 12 rings (SSSR count). The predicted octanol–water partition coefficient (Wildman–Crippen LogP) is 14.8. The van der Waals surface area contributed by atoms with Crippen molar-refractivity contribution in [2.45, 2.75) is 0 Å². The number of para-hydroxylation sites is 3. The van der Waals surface area contributed by atoms with Crippen molar-refractivity contribution in [2.24, 2.45) is 0 Å². The number of benzene rings is 9. The Kier molecular flexibility index (Phi) is 5.56. The molecule has 0 fully saturated rings. The molecule has 0 amide bonds. The molecule has 12 aromatic rings. The van der Waals surface area contributed by atoms with Crippen LogP contribution in [0, 0.1) is 0 Å². The molecule has 0 saturated carbocycles. The summed E-state index contributed by atoms with van der Waals surface area (Å²) in [5.74, 6) is 0. The molecule has 0 radical (unpaired) electrons. The molecule has 9 aromatic carbocycles. The summed E-state index contributed by atoms with van der Waals surface area (Å²) in [6.45, 7) is 0. The zero-order valence-corrected chi connectivity index (χ0v) is 30.4. The molecule has 3 heterocycles. The van der Waals surface area contributed by atoms with Crippen LogP contribution in [0.15, 0.2) is 211 Å². The Labute approximate surface area is 338 Å². The van der Waals surface area contributed by atoms with Gasteiger partial charge < -0.3 is 13.6 Å². The highest BCUT2D eigenvalue weighted by Crippen LogP contribution is 2.42. The first-order chi connectivity index (χ1) is 31.2. The number of rotatable bonds is 5. The molecule has 57 heavy (non-hydrogen) atoms. The molecule has 0 saturated heterocycles. The van der Waals surface area contributed by atoms with Gasteiger partial charge in [-0.3, -0.25) is 0 Å². The third kappa shape index (κ3) is 4.86. The smallest absolute Gasteiger partial charge is 0.159 e. The lowest BCUT2D eigenvalue weighted by molar-refractivity contribution is 0.666. The Hall–Kier alpha value is -7.62. The van der Waals surface area contributed by atoms with Crippen molar-refractivity contribution >= 4 is 65.6 Å². The average molecular weight is 734 g/mol. The zero-order chi connectivity index (χ0) is 43.5. The standard InChI is InChI=1S/C54H34N2O/c1-3-13-35(14-4-1)36-25-29-40(30-26-36)55-49-32-28-39(34-46(49)53-41(19-11-22-50(53)55)37-15-5-2-6-16-37)38-27-31-48-45(33-38)42-17-7-9-21-47(42)56(48)51-23-12-20-44-43-18-8-10-24-52(43)57-54(44)51/h1-34H/i7D,9D,17D,21D,27D,31D,33D. The summed E-state index contributed by atoms with van der Waals surface area (Å²) in [6, 6.07) is 52.3. The molecular formula is C54H34N2O. The van der Waals surface area contributed by atoms with Gasteiger partial charge in [0, 0.05) is 38.0 Å². The Morgan fingerprint density at radius 1 is 0.404 bits per heavy atom. The van der Waals surface area contributed by atoms with Gasteiger partial charge >= 0.3 is 0 Å². The molecule has 3 heteroatoms. The van der Waals surface area contributed by atoms with Crippen LogP contribution in [0.25, 0.3) is 110 Å². The van der Waals surface area contributed by atoms with E-state index in [1.165, 1.54) is 0 Å². The molecule has 0 aliphatic rings. The fourth-order valence-corrected chi connectivity index (χ4v) is 8.60. The van der Waals surface area contributed by atoms with Crippen LogP contribution in [0.3, 0.4) is 0 Å². The van der Waals surface area contributed by atoms with E-state index in [1.54, 1.807) is 10.6 Å². The second-order valence-electron chi connectivity index (χ2n) is 14.3. The first-order valence-electron chi connectivity index (χ1n) is 22.4. The molecule has 0 N–H and O–H groups in total. The molecule has 266 valence electrons. The molecule has 0 bridgehead atoms. The van der Waals surface area contributed by atoms with E-state index in [2.05, 4.69) is 71.3 Å². The number of aromatic nitrogens is 2. The number of fused-ring (bicyclic) bond motifs is 9. The third-order valence-electron chi connectivity index (χ3n) is 11.2. The highest BCUT2D eigenvalue weighted by Gasteiger charge is 2.20. The number of hydrogen-bond donors (Lipinski definition) is 0. The molecule has 0 aliphatic heterocycles. The molecule has 0 unspecified atom stereocenters. The van der Waals surface area contributed by atoms with Crippen molar-refractivity contribution < 1.29 is 14.0 Å². The van der Waals surface area contributed by atoms with Crippen LogP contribution < -0.4 is 0 Å². The first kappa shape index (κ1) is 25.5. The van der Waals surface area contributed by atoms with E-state index in [0.717, 1.165) is 60.5 Å². The summed E-state index contributed by atoms with van der Waals surface area (Å²) in [7, 11) is 0. The first-order valence-corrected chi connectivity index (χ1v) is 18.9. The second kappa shape index (κ2) is 12.5. The molecular weight excluding hydrogens is 693 g/mol. The highest BCUT2D eigenvalue weighted by molar-refractivity contribution is 6.17. The van der Waals surface area contributed by atoms with Gasteiger partial charge in [-0.2, -0.15) is 0 Å². The van der Waals surface area contributed by atoms with E-state index in [4.69, 9.17) is 7.16 Å². The van der Waals surface area contributed by atoms with E-state index < -0.39 is 12.1 Å². The van der Waals surface area contributed by atoms with Gasteiger partial charge in [0.2, 0.25) is 0 Å². The highest BCUT2D eigenvalue weighted by atomic mass is 16.3. The van der Waals surface area contributed by atoms with Crippen LogP contribution in [0.5, 0.6) is 0 Å². The van der Waals surface area contributed by atoms with Gasteiger partial charge in [0.15, 0.2) is 5.58 Å². The van der Waals surface area contributed by atoms with E-state index in [-0.39, 0.29) is 57.6 Å². The lowest BCUT2D eigenvalue weighted by Crippen LogP contribution is -1.94. The number of nitrogens with zero attached hydrogens (tertiary/aromatic N) is 2. The predicted molar refractivity (Wildman–Crippen MR) is 239 cm³/mol. The van der Waals surface area contributed by atoms with Gasteiger partial charge in [-0.25, -0.2) is 0 Å². The van der Waals surface area contributed by atoms with Gasteiger partial charge in [0.1, 0.15) is 5.58 Å². The van der Waals surface area contributed by atoms with Gasteiger partial charge in [-0.15, -0.1) is 0 Å². The summed E-state index contributed by atoms with van der Waals surface area (Å²) in [5.41, 5.74) is 9.68. The minimum atomic E-state index is -0.444. The van der Waals surface area contributed by atoms with E-state index in [1.807, 2.05) is 91.0 Å². The Morgan fingerprint density at radius 2 is 1.11 bits per heavy atom. The Morgan fingerprint density at radius 3 is 1.96 bits per heavy atom. The number of furan rings is 1. The van der Waals surface area contributed by atoms with Crippen molar-refractivity contribution in [3.63, 3.8) is 0 Å². The Bertz CT molecular complexity index is 3910. The number of hydrogen-bond acceptors (Lipinski definition) is 1. The molecule has 3 nitrogen and oxygen atoms in total. The van der Waals surface area contributed by atoms with Crippen molar-refractivity contribution in [1.82, 2.24) is 9.13 Å². The van der Waals surface area contributed by atoms with Gasteiger partial charge in [0.05, 0.1) is 37.3 Å². The van der Waals surface area contributed by atoms with Crippen molar-refractivity contribution in [1.29, 1.82) is 0 Å². The fraction of sp³-hybridized carbons (Fsp3) is 0. The summed E-state index contributed by atoms with van der Waals surface area (Å²) >= 11 is 0. The van der Waals surface area contributed by atoms with Crippen molar-refractivity contribution in [3.05, 3.63) is 206 Å². The fourth-order valence-electron chi connectivity index (χ4n) is 8.60. The summed E-state index contributed by atoms with van der Waals surface area (Å²) < 4.78 is 75.7. The van der Waals surface area contributed by atoms with Crippen LogP contribution in [0.1, 0.15) is 9.60 Å². The topological polar surface area (TPSA) is 23.0 Å². The quantitative estimate of drug-likeness (QED) is 0.173. The van der Waals surface area contributed by atoms with Crippen molar-refractivity contribution in [2.75, 3.05) is 0 Å². The molecule has 0 aliphatic carbocycles. The van der Waals surface area contributed by atoms with E-state index in [9.17, 15) is 6.85 Å². The molecule has 0 spiro atoms. The molecule has 3 aromatic heterocycles. The third-order valence-corrected chi connectivity index (χ3v) is 11.2. The lowest BCUT2D eigenvalue weighted by Gasteiger charge is -2.10. The molecule has 0 atom stereocenters. The Balaban J connectivity index is 1.15. The van der Waals surface area contributed by atoms with Crippen LogP contribution in [0.2, 0.25) is 0 Å². The SMILES string of the molecule is [2H]c1c([2H])c([2H])c2c(c1[2H])c1c([2H])c(-c3ccc4c(c3)c3c(-c5ccccc5)cccc3n4-c3ccc(-c4ccccc4)cc3)c([2H])c([2H])c1n2-c1cccc2c1oc1ccccc12. The maximum atomic E-state index is 10.00. The van der Waals surface area contributed by atoms with Crippen molar-refractivity contribution in [3.8, 4) is 44.8 Å². The largest absolute Gasteiger partial charge is 0.454 e. The zero-order valence-electron chi connectivity index (χ0n) is 37.4. The average Bonchev–Trinajstić information content (AvgIpc) is 4.01. The monoisotopic (exact) mass is 733 g/mol. The minimum Gasteiger partial charge on any atom is -0.454 e. The van der Waals surface area contributed by atoms with E-state index in [0.29, 0.717) is 22.4 Å². The van der Waals surface area contributed by atoms with Gasteiger partial charge in [0.25, 0.3) is 0 Å². The minimum absolute atomic E-state index is 0.107. The van der Waals surface area contributed by atoms with Crippen LogP contribution in [0.4, 0.5) is 0 Å². The van der Waals surface area contributed by atoms with Gasteiger partial charge in [-0.1, -0.05) is 145 Å². The summed E-state index contributed by atoms with van der Waals surface area (Å²) in [4.78, 5) is 0. The van der Waals surface area contributed by atoms with Crippen LogP contribution >= 0.6 is 0 Å². The normalized spacial score (nSPS) is 13.6. The maximum absolute atomic E-state index is 10.00. The second-order valence-corrected chi connectivity index (χ2v) is 14.3. The lowest BCUT2D eigenvalue weighted by atomic mass is 9.97. The van der Waals surface area contributed by atoms with Crippen LogP contribution in [-0.4, -0.2) is 9.13 Å². The maximum Gasteiger partial charge on any atom is 0.159 e.